The summed E-state index contributed by atoms with van der Waals surface area (Å²) in [6, 6.07) is 19.7. The van der Waals surface area contributed by atoms with Crippen LogP contribution in [0.1, 0.15) is 27.0 Å². The minimum absolute atomic E-state index is 0.151. The van der Waals surface area contributed by atoms with Gasteiger partial charge in [-0.15, -0.1) is 0 Å². The summed E-state index contributed by atoms with van der Waals surface area (Å²) in [4.78, 5) is 12.5. The second kappa shape index (κ2) is 9.55. The van der Waals surface area contributed by atoms with Crippen molar-refractivity contribution in [2.45, 2.75) is 18.4 Å². The van der Waals surface area contributed by atoms with Crippen molar-refractivity contribution in [3.05, 3.63) is 95.1 Å². The lowest BCUT2D eigenvalue weighted by Crippen LogP contribution is -2.26. The Balaban J connectivity index is 1.60. The van der Waals surface area contributed by atoms with Gasteiger partial charge in [0.1, 0.15) is 5.75 Å². The lowest BCUT2D eigenvalue weighted by atomic mass is 10.1. The highest BCUT2D eigenvalue weighted by Gasteiger charge is 2.20. The maximum atomic E-state index is 12.7. The van der Waals surface area contributed by atoms with E-state index in [9.17, 15) is 18.3 Å². The fourth-order valence-electron chi connectivity index (χ4n) is 2.78. The first kappa shape index (κ1) is 22.2. The van der Waals surface area contributed by atoms with Gasteiger partial charge >= 0.3 is 0 Å². The minimum Gasteiger partial charge on any atom is -0.508 e. The Labute approximate surface area is 181 Å². The molecule has 8 heteroatoms. The number of amides is 1. The van der Waals surface area contributed by atoms with Gasteiger partial charge in [-0.25, -0.2) is 13.8 Å². The summed E-state index contributed by atoms with van der Waals surface area (Å²) in [5.74, 6) is -0.235. The fourth-order valence-corrected chi connectivity index (χ4v) is 3.94. The zero-order chi connectivity index (χ0) is 22.4. The standard InChI is InChI=1S/C23H23N3O4S/c1-17-3-13-22(14-4-17)31(29,30)26(2)16-19-5-9-20(10-6-19)23(28)25-24-15-18-7-11-21(27)12-8-18/h3-15,27H,16H2,1-2H3,(H,25,28). The largest absolute Gasteiger partial charge is 0.508 e. The van der Waals surface area contributed by atoms with E-state index in [1.54, 1.807) is 60.7 Å². The van der Waals surface area contributed by atoms with Crippen LogP contribution < -0.4 is 5.43 Å². The smallest absolute Gasteiger partial charge is 0.271 e. The fraction of sp³-hybridized carbons (Fsp3) is 0.130. The molecule has 0 unspecified atom stereocenters. The zero-order valence-corrected chi connectivity index (χ0v) is 18.0. The molecular weight excluding hydrogens is 414 g/mol. The number of sulfonamides is 1. The Kier molecular flexibility index (Phi) is 6.84. The predicted octanol–water partition coefficient (Wildman–Crippen LogP) is 3.29. The number of phenolic OH excluding ortho intramolecular Hbond substituents is 1. The third-order valence-corrected chi connectivity index (χ3v) is 6.44. The van der Waals surface area contributed by atoms with Crippen molar-refractivity contribution in [1.82, 2.24) is 9.73 Å². The van der Waals surface area contributed by atoms with Crippen molar-refractivity contribution in [1.29, 1.82) is 0 Å². The van der Waals surface area contributed by atoms with Crippen LogP contribution in [-0.4, -0.2) is 37.0 Å². The number of carbonyl (C=O) groups is 1. The van der Waals surface area contributed by atoms with Gasteiger partial charge < -0.3 is 5.11 Å². The number of aromatic hydroxyl groups is 1. The van der Waals surface area contributed by atoms with E-state index in [1.807, 2.05) is 6.92 Å². The molecule has 3 rings (SSSR count). The SMILES string of the molecule is Cc1ccc(S(=O)(=O)N(C)Cc2ccc(C(=O)NN=Cc3ccc(O)cc3)cc2)cc1. The molecule has 2 N–H and O–H groups in total. The summed E-state index contributed by atoms with van der Waals surface area (Å²) in [7, 11) is -2.08. The van der Waals surface area contributed by atoms with Crippen LogP contribution in [0.5, 0.6) is 5.75 Å². The van der Waals surface area contributed by atoms with Gasteiger partial charge in [-0.05, 0) is 66.6 Å². The Morgan fingerprint density at radius 2 is 1.61 bits per heavy atom. The molecule has 0 atom stereocenters. The molecule has 7 nitrogen and oxygen atoms in total. The van der Waals surface area contributed by atoms with E-state index < -0.39 is 10.0 Å². The average Bonchev–Trinajstić information content (AvgIpc) is 2.76. The molecule has 160 valence electrons. The minimum atomic E-state index is -3.60. The molecule has 0 spiro atoms. The maximum absolute atomic E-state index is 12.7. The van der Waals surface area contributed by atoms with Gasteiger partial charge in [0.05, 0.1) is 11.1 Å². The van der Waals surface area contributed by atoms with Gasteiger partial charge in [-0.2, -0.15) is 9.41 Å². The summed E-state index contributed by atoms with van der Waals surface area (Å²) < 4.78 is 26.7. The molecule has 3 aromatic rings. The summed E-state index contributed by atoms with van der Waals surface area (Å²) >= 11 is 0. The molecule has 0 aromatic heterocycles. The van der Waals surface area contributed by atoms with E-state index in [0.717, 1.165) is 16.7 Å². The van der Waals surface area contributed by atoms with Crippen LogP contribution in [0.4, 0.5) is 0 Å². The molecule has 0 aliphatic rings. The summed E-state index contributed by atoms with van der Waals surface area (Å²) in [5.41, 5.74) is 5.30. The topological polar surface area (TPSA) is 99.1 Å². The number of hydrogen-bond acceptors (Lipinski definition) is 5. The molecule has 3 aromatic carbocycles. The third-order valence-electron chi connectivity index (χ3n) is 4.62. The van der Waals surface area contributed by atoms with Crippen molar-refractivity contribution in [3.8, 4) is 5.75 Å². The van der Waals surface area contributed by atoms with Crippen LogP contribution in [-0.2, 0) is 16.6 Å². The monoisotopic (exact) mass is 437 g/mol. The number of aryl methyl sites for hydroxylation is 1. The Hall–Kier alpha value is -3.49. The van der Waals surface area contributed by atoms with E-state index in [0.29, 0.717) is 5.56 Å². The first-order valence-corrected chi connectivity index (χ1v) is 10.9. The highest BCUT2D eigenvalue weighted by atomic mass is 32.2. The van der Waals surface area contributed by atoms with Gasteiger partial charge in [0.2, 0.25) is 10.0 Å². The van der Waals surface area contributed by atoms with Crippen LogP contribution in [0, 0.1) is 6.92 Å². The average molecular weight is 438 g/mol. The molecule has 0 saturated heterocycles. The van der Waals surface area contributed by atoms with Crippen LogP contribution in [0.2, 0.25) is 0 Å². The van der Waals surface area contributed by atoms with Crippen LogP contribution in [0.15, 0.2) is 82.8 Å². The maximum Gasteiger partial charge on any atom is 0.271 e. The molecule has 0 bridgehead atoms. The van der Waals surface area contributed by atoms with Gasteiger partial charge in [0.15, 0.2) is 0 Å². The number of rotatable bonds is 7. The molecule has 0 heterocycles. The molecule has 1 amide bonds. The highest BCUT2D eigenvalue weighted by molar-refractivity contribution is 7.89. The lowest BCUT2D eigenvalue weighted by Gasteiger charge is -2.17. The number of hydrazone groups is 1. The van der Waals surface area contributed by atoms with Crippen molar-refractivity contribution in [2.24, 2.45) is 5.10 Å². The van der Waals surface area contributed by atoms with Gasteiger partial charge in [-0.3, -0.25) is 4.79 Å². The van der Waals surface area contributed by atoms with Crippen molar-refractivity contribution < 1.29 is 18.3 Å². The molecule has 0 radical (unpaired) electrons. The molecule has 0 aliphatic heterocycles. The van der Waals surface area contributed by atoms with Crippen LogP contribution in [0.25, 0.3) is 0 Å². The van der Waals surface area contributed by atoms with E-state index in [1.165, 1.54) is 29.7 Å². The Morgan fingerprint density at radius 3 is 2.23 bits per heavy atom. The van der Waals surface area contributed by atoms with Crippen LogP contribution in [0.3, 0.4) is 0 Å². The van der Waals surface area contributed by atoms with Gasteiger partial charge in [-0.1, -0.05) is 29.8 Å². The number of benzene rings is 3. The number of nitrogens with zero attached hydrogens (tertiary/aromatic N) is 2. The number of phenols is 1. The molecule has 0 saturated carbocycles. The molecular formula is C23H23N3O4S. The van der Waals surface area contributed by atoms with Crippen LogP contribution >= 0.6 is 0 Å². The second-order valence-corrected chi connectivity index (χ2v) is 9.11. The third kappa shape index (κ3) is 5.78. The molecule has 0 fully saturated rings. The van der Waals surface area contributed by atoms with E-state index >= 15 is 0 Å². The number of nitrogens with one attached hydrogen (secondary N) is 1. The lowest BCUT2D eigenvalue weighted by molar-refractivity contribution is 0.0955. The summed E-state index contributed by atoms with van der Waals surface area (Å²) in [6.45, 7) is 2.08. The first-order valence-electron chi connectivity index (χ1n) is 9.50. The zero-order valence-electron chi connectivity index (χ0n) is 17.2. The summed E-state index contributed by atoms with van der Waals surface area (Å²) in [5, 5.41) is 13.2. The second-order valence-electron chi connectivity index (χ2n) is 7.06. The Bertz CT molecular complexity index is 1170. The van der Waals surface area contributed by atoms with Crippen molar-refractivity contribution >= 4 is 22.1 Å². The van der Waals surface area contributed by atoms with Gasteiger partial charge in [0, 0.05) is 19.2 Å². The quantitative estimate of drug-likeness (QED) is 0.438. The van der Waals surface area contributed by atoms with E-state index in [4.69, 9.17) is 0 Å². The first-order chi connectivity index (χ1) is 14.8. The van der Waals surface area contributed by atoms with E-state index in [-0.39, 0.29) is 23.1 Å². The normalized spacial score (nSPS) is 11.7. The number of carbonyl (C=O) groups excluding carboxylic acids is 1. The molecule has 31 heavy (non-hydrogen) atoms. The van der Waals surface area contributed by atoms with Gasteiger partial charge in [0.25, 0.3) is 5.91 Å². The molecule has 0 aliphatic carbocycles. The van der Waals surface area contributed by atoms with Crippen molar-refractivity contribution in [3.63, 3.8) is 0 Å². The highest BCUT2D eigenvalue weighted by Crippen LogP contribution is 2.17. The van der Waals surface area contributed by atoms with Crippen molar-refractivity contribution in [2.75, 3.05) is 7.05 Å². The predicted molar refractivity (Wildman–Crippen MR) is 119 cm³/mol. The van der Waals surface area contributed by atoms with E-state index in [2.05, 4.69) is 10.5 Å². The Morgan fingerprint density at radius 1 is 1.00 bits per heavy atom. The summed E-state index contributed by atoms with van der Waals surface area (Å²) in [6.07, 6.45) is 1.47. The number of hydrogen-bond donors (Lipinski definition) is 2.